The van der Waals surface area contributed by atoms with Crippen LogP contribution in [0.3, 0.4) is 0 Å². The molecule has 124 valence electrons. The summed E-state index contributed by atoms with van der Waals surface area (Å²) >= 11 is 0. The minimum Gasteiger partial charge on any atom is -0.390 e. The summed E-state index contributed by atoms with van der Waals surface area (Å²) in [6.45, 7) is 0. The number of benzene rings is 2. The van der Waals surface area contributed by atoms with Gasteiger partial charge >= 0.3 is 0 Å². The Morgan fingerprint density at radius 3 is 2.42 bits per heavy atom. The van der Waals surface area contributed by atoms with Gasteiger partial charge in [-0.05, 0) is 73.3 Å². The molecule has 2 aromatic carbocycles. The van der Waals surface area contributed by atoms with Gasteiger partial charge in [0, 0.05) is 5.69 Å². The zero-order valence-electron chi connectivity index (χ0n) is 13.8. The van der Waals surface area contributed by atoms with Crippen LogP contribution < -0.4 is 5.32 Å². The maximum atomic E-state index is 13.1. The van der Waals surface area contributed by atoms with E-state index in [9.17, 15) is 9.90 Å². The highest BCUT2D eigenvalue weighted by Gasteiger charge is 2.60. The quantitative estimate of drug-likeness (QED) is 0.874. The molecule has 4 bridgehead atoms. The molecular formula is C21H23NO2. The second-order valence-electron chi connectivity index (χ2n) is 8.48. The van der Waals surface area contributed by atoms with Crippen molar-refractivity contribution in [2.45, 2.75) is 44.1 Å². The van der Waals surface area contributed by atoms with E-state index in [0.717, 1.165) is 36.8 Å². The number of nitrogens with one attached hydrogen (secondary N) is 1. The van der Waals surface area contributed by atoms with E-state index in [1.54, 1.807) is 0 Å². The topological polar surface area (TPSA) is 49.3 Å². The van der Waals surface area contributed by atoms with E-state index in [2.05, 4.69) is 23.5 Å². The zero-order chi connectivity index (χ0) is 16.4. The maximum Gasteiger partial charge on any atom is 0.230 e. The zero-order valence-corrected chi connectivity index (χ0v) is 13.8. The molecule has 0 spiro atoms. The van der Waals surface area contributed by atoms with Crippen LogP contribution in [-0.2, 0) is 4.79 Å². The number of fused-ring (bicyclic) bond motifs is 1. The SMILES string of the molecule is O=C(Nc1ccc2ccccc2c1)C12C[C@@H]3C[C@@H](CC(O)(C3)C1)C2. The molecule has 4 fully saturated rings. The first-order valence-electron chi connectivity index (χ1n) is 9.06. The van der Waals surface area contributed by atoms with Crippen molar-refractivity contribution in [1.29, 1.82) is 0 Å². The average molecular weight is 321 g/mol. The van der Waals surface area contributed by atoms with Crippen LogP contribution in [0.4, 0.5) is 5.69 Å². The highest BCUT2D eigenvalue weighted by molar-refractivity contribution is 5.98. The van der Waals surface area contributed by atoms with E-state index < -0.39 is 5.60 Å². The summed E-state index contributed by atoms with van der Waals surface area (Å²) in [5, 5.41) is 16.3. The summed E-state index contributed by atoms with van der Waals surface area (Å²) < 4.78 is 0. The molecule has 6 rings (SSSR count). The standard InChI is InChI=1S/C21H23NO2/c23-19(22-18-6-5-16-3-1-2-4-17(16)8-18)20-9-14-7-15(10-20)12-21(24,11-14)13-20/h1-6,8,14-15,24H,7,9-13H2,(H,22,23)/t14-,15+,20?,21?. The molecule has 2 N–H and O–H groups in total. The van der Waals surface area contributed by atoms with Gasteiger partial charge in [-0.25, -0.2) is 0 Å². The molecule has 24 heavy (non-hydrogen) atoms. The summed E-state index contributed by atoms with van der Waals surface area (Å²) in [6.07, 6.45) is 5.54. The number of carbonyl (C=O) groups excluding carboxylic acids is 1. The van der Waals surface area contributed by atoms with Crippen molar-refractivity contribution in [3.05, 3.63) is 42.5 Å². The van der Waals surface area contributed by atoms with Crippen molar-refractivity contribution in [2.75, 3.05) is 5.32 Å². The summed E-state index contributed by atoms with van der Waals surface area (Å²) in [7, 11) is 0. The number of rotatable bonds is 2. The molecule has 0 heterocycles. The van der Waals surface area contributed by atoms with E-state index in [1.807, 2.05) is 24.3 Å². The number of hydrogen-bond donors (Lipinski definition) is 2. The van der Waals surface area contributed by atoms with Crippen LogP contribution in [0.15, 0.2) is 42.5 Å². The Kier molecular flexibility index (Phi) is 2.91. The lowest BCUT2D eigenvalue weighted by atomic mass is 9.47. The summed E-state index contributed by atoms with van der Waals surface area (Å²) in [6, 6.07) is 14.3. The fraction of sp³-hybridized carbons (Fsp3) is 0.476. The van der Waals surface area contributed by atoms with Gasteiger partial charge in [-0.2, -0.15) is 0 Å². The minimum atomic E-state index is -0.592. The van der Waals surface area contributed by atoms with Gasteiger partial charge in [0.2, 0.25) is 5.91 Å². The lowest BCUT2D eigenvalue weighted by Gasteiger charge is -2.59. The van der Waals surface area contributed by atoms with Crippen LogP contribution in [0, 0.1) is 17.3 Å². The summed E-state index contributed by atoms with van der Waals surface area (Å²) in [5.41, 5.74) is -0.0867. The first kappa shape index (κ1) is 14.5. The number of amides is 1. The van der Waals surface area contributed by atoms with Crippen LogP contribution in [0.1, 0.15) is 38.5 Å². The molecule has 4 aliphatic rings. The first-order chi connectivity index (χ1) is 11.5. The number of aliphatic hydroxyl groups is 1. The van der Waals surface area contributed by atoms with Crippen molar-refractivity contribution in [3.8, 4) is 0 Å². The summed E-state index contributed by atoms with van der Waals surface area (Å²) in [5.74, 6) is 1.17. The Morgan fingerprint density at radius 1 is 1.00 bits per heavy atom. The highest BCUT2D eigenvalue weighted by Crippen LogP contribution is 2.61. The van der Waals surface area contributed by atoms with Gasteiger partial charge in [-0.15, -0.1) is 0 Å². The molecule has 0 aromatic heterocycles. The van der Waals surface area contributed by atoms with Crippen LogP contribution >= 0.6 is 0 Å². The molecule has 0 aliphatic heterocycles. The van der Waals surface area contributed by atoms with Gasteiger partial charge in [0.15, 0.2) is 0 Å². The number of hydrogen-bond acceptors (Lipinski definition) is 2. The Balaban J connectivity index is 1.43. The van der Waals surface area contributed by atoms with Gasteiger partial charge in [-0.1, -0.05) is 30.3 Å². The monoisotopic (exact) mass is 321 g/mol. The van der Waals surface area contributed by atoms with Crippen molar-refractivity contribution in [2.24, 2.45) is 17.3 Å². The van der Waals surface area contributed by atoms with E-state index in [-0.39, 0.29) is 11.3 Å². The molecule has 4 aliphatic carbocycles. The highest BCUT2D eigenvalue weighted by atomic mass is 16.3. The largest absolute Gasteiger partial charge is 0.390 e. The predicted molar refractivity (Wildman–Crippen MR) is 94.6 cm³/mol. The minimum absolute atomic E-state index is 0.116. The Morgan fingerprint density at radius 2 is 1.71 bits per heavy atom. The molecule has 0 radical (unpaired) electrons. The fourth-order valence-electron chi connectivity index (χ4n) is 6.01. The van der Waals surface area contributed by atoms with Gasteiger partial charge in [0.1, 0.15) is 0 Å². The number of carbonyl (C=O) groups is 1. The smallest absolute Gasteiger partial charge is 0.230 e. The Hall–Kier alpha value is -1.87. The van der Waals surface area contributed by atoms with Crippen molar-refractivity contribution < 1.29 is 9.90 Å². The van der Waals surface area contributed by atoms with E-state index in [0.29, 0.717) is 18.3 Å². The van der Waals surface area contributed by atoms with Gasteiger partial charge in [0.05, 0.1) is 11.0 Å². The Bertz CT molecular complexity index is 813. The third-order valence-corrected chi connectivity index (χ3v) is 6.52. The van der Waals surface area contributed by atoms with Gasteiger partial charge in [0.25, 0.3) is 0 Å². The van der Waals surface area contributed by atoms with Crippen LogP contribution in [0.2, 0.25) is 0 Å². The third kappa shape index (κ3) is 2.18. The number of anilines is 1. The Labute approximate surface area is 142 Å². The lowest BCUT2D eigenvalue weighted by molar-refractivity contribution is -0.174. The maximum absolute atomic E-state index is 13.1. The van der Waals surface area contributed by atoms with E-state index in [4.69, 9.17) is 0 Å². The molecule has 4 atom stereocenters. The fourth-order valence-corrected chi connectivity index (χ4v) is 6.01. The van der Waals surface area contributed by atoms with Gasteiger partial charge in [-0.3, -0.25) is 4.79 Å². The molecule has 3 nitrogen and oxygen atoms in total. The summed E-state index contributed by atoms with van der Waals surface area (Å²) in [4.78, 5) is 13.1. The van der Waals surface area contributed by atoms with Gasteiger partial charge < -0.3 is 10.4 Å². The molecule has 3 heteroatoms. The van der Waals surface area contributed by atoms with Crippen LogP contribution in [-0.4, -0.2) is 16.6 Å². The molecule has 1 amide bonds. The van der Waals surface area contributed by atoms with Crippen LogP contribution in [0.5, 0.6) is 0 Å². The third-order valence-electron chi connectivity index (χ3n) is 6.52. The molecule has 0 saturated heterocycles. The van der Waals surface area contributed by atoms with Crippen molar-refractivity contribution in [3.63, 3.8) is 0 Å². The average Bonchev–Trinajstić information content (AvgIpc) is 2.52. The van der Waals surface area contributed by atoms with E-state index in [1.165, 1.54) is 11.8 Å². The molecule has 2 aromatic rings. The predicted octanol–water partition coefficient (Wildman–Crippen LogP) is 4.11. The second-order valence-corrected chi connectivity index (χ2v) is 8.48. The van der Waals surface area contributed by atoms with Crippen molar-refractivity contribution >= 4 is 22.4 Å². The second kappa shape index (κ2) is 4.82. The normalized spacial score (nSPS) is 36.9. The van der Waals surface area contributed by atoms with E-state index >= 15 is 0 Å². The first-order valence-corrected chi connectivity index (χ1v) is 9.06. The lowest BCUT2D eigenvalue weighted by Crippen LogP contribution is -2.59. The molecule has 4 saturated carbocycles. The van der Waals surface area contributed by atoms with Crippen molar-refractivity contribution in [1.82, 2.24) is 0 Å². The molecule has 2 unspecified atom stereocenters. The molecular weight excluding hydrogens is 298 g/mol. The van der Waals surface area contributed by atoms with Crippen LogP contribution in [0.25, 0.3) is 10.8 Å².